The number of rotatable bonds is 4. The molecule has 8 nitrogen and oxygen atoms in total. The Morgan fingerprint density at radius 3 is 0.824 bits per heavy atom. The molecule has 8 heteroatoms. The van der Waals surface area contributed by atoms with Crippen molar-refractivity contribution in [2.75, 3.05) is 11.5 Å². The van der Waals surface area contributed by atoms with Crippen LogP contribution in [0.5, 0.6) is 0 Å². The van der Waals surface area contributed by atoms with E-state index < -0.39 is 0 Å². The molecule has 0 saturated heterocycles. The minimum absolute atomic E-state index is 0.480. The summed E-state index contributed by atoms with van der Waals surface area (Å²) in [7, 11) is 0. The monoisotopic (exact) mass is 870 g/mol. The van der Waals surface area contributed by atoms with Crippen LogP contribution < -0.4 is 11.5 Å². The summed E-state index contributed by atoms with van der Waals surface area (Å²) in [6, 6.07) is 69.3. The number of pyridine rings is 2. The molecule has 4 N–H and O–H groups in total. The molecule has 0 bridgehead atoms. The molecule has 0 spiro atoms. The molecule has 6 heterocycles. The second kappa shape index (κ2) is 13.6. The van der Waals surface area contributed by atoms with E-state index >= 15 is 0 Å². The van der Waals surface area contributed by atoms with E-state index in [0.717, 1.165) is 77.1 Å². The number of benzene rings is 9. The molecule has 0 aliphatic carbocycles. The Hall–Kier alpha value is -9.40. The summed E-state index contributed by atoms with van der Waals surface area (Å²) < 4.78 is 9.29. The van der Waals surface area contributed by atoms with E-state index in [0.29, 0.717) is 22.4 Å². The highest BCUT2D eigenvalue weighted by molar-refractivity contribution is 6.18. The number of hydrogen-bond donors (Lipinski definition) is 2. The number of nitrogens with two attached hydrogens (primary N) is 2. The van der Waals surface area contributed by atoms with E-state index in [-0.39, 0.29) is 0 Å². The topological polar surface area (TPSA) is 97.5 Å². The maximum absolute atomic E-state index is 7.07. The molecule has 0 unspecified atom stereocenters. The molecular weight excluding hydrogens is 833 g/mol. The Labute approximate surface area is 387 Å². The molecule has 15 aromatic rings. The predicted octanol–water partition coefficient (Wildman–Crippen LogP) is 14.3. The van der Waals surface area contributed by atoms with Gasteiger partial charge in [0, 0.05) is 65.2 Å². The highest BCUT2D eigenvalue weighted by Crippen LogP contribution is 2.42. The molecule has 15 rings (SSSR count). The second-order valence-corrected chi connectivity index (χ2v) is 17.9. The van der Waals surface area contributed by atoms with Crippen LogP contribution in [0, 0.1) is 0 Å². The quantitative estimate of drug-likeness (QED) is 0.105. The maximum Gasteiger partial charge on any atom is 0.0988 e. The third kappa shape index (κ3) is 4.92. The molecule has 0 aliphatic rings. The molecule has 0 fully saturated rings. The van der Waals surface area contributed by atoms with Crippen molar-refractivity contribution in [1.29, 1.82) is 0 Å². The van der Waals surface area contributed by atoms with E-state index in [9.17, 15) is 0 Å². The highest BCUT2D eigenvalue weighted by atomic mass is 15.0. The molecule has 68 heavy (non-hydrogen) atoms. The number of aromatic nitrogens is 6. The molecule has 9 aromatic carbocycles. The lowest BCUT2D eigenvalue weighted by atomic mass is 10.0. The van der Waals surface area contributed by atoms with E-state index in [1.54, 1.807) is 0 Å². The zero-order valence-electron chi connectivity index (χ0n) is 36.5. The number of anilines is 2. The van der Waals surface area contributed by atoms with Crippen molar-refractivity contribution >= 4 is 120 Å². The van der Waals surface area contributed by atoms with Gasteiger partial charge in [0.1, 0.15) is 0 Å². The van der Waals surface area contributed by atoms with Gasteiger partial charge >= 0.3 is 0 Å². The van der Waals surface area contributed by atoms with Gasteiger partial charge in [0.15, 0.2) is 0 Å². The van der Waals surface area contributed by atoms with Crippen molar-refractivity contribution < 1.29 is 0 Å². The first-order valence-electron chi connectivity index (χ1n) is 22.9. The smallest absolute Gasteiger partial charge is 0.0988 e. The van der Waals surface area contributed by atoms with Gasteiger partial charge in [-0.05, 0) is 84.9 Å². The average molecular weight is 871 g/mol. The number of hydrogen-bond acceptors (Lipinski definition) is 4. The van der Waals surface area contributed by atoms with E-state index in [2.05, 4.69) is 212 Å². The van der Waals surface area contributed by atoms with Crippen LogP contribution >= 0.6 is 0 Å². The van der Waals surface area contributed by atoms with Crippen molar-refractivity contribution in [3.8, 4) is 22.7 Å². The lowest BCUT2D eigenvalue weighted by Crippen LogP contribution is -2.03. The first kappa shape index (κ1) is 36.9. The largest absolute Gasteiger partial charge is 0.396 e. The van der Waals surface area contributed by atoms with Crippen LogP contribution in [0.15, 0.2) is 207 Å². The second-order valence-electron chi connectivity index (χ2n) is 17.9. The normalized spacial score (nSPS) is 12.2. The van der Waals surface area contributed by atoms with E-state index in [1.807, 2.05) is 12.4 Å². The van der Waals surface area contributed by atoms with Crippen LogP contribution in [-0.2, 0) is 0 Å². The summed E-state index contributed by atoms with van der Waals surface area (Å²) in [5.74, 6) is 0. The van der Waals surface area contributed by atoms with Crippen LogP contribution in [0.1, 0.15) is 0 Å². The minimum Gasteiger partial charge on any atom is -0.396 e. The van der Waals surface area contributed by atoms with Gasteiger partial charge in [0.25, 0.3) is 0 Å². The minimum atomic E-state index is 0.480. The number of fused-ring (bicyclic) bond motifs is 15. The van der Waals surface area contributed by atoms with Crippen LogP contribution in [-0.4, -0.2) is 28.2 Å². The summed E-state index contributed by atoms with van der Waals surface area (Å²) in [6.45, 7) is 0. The molecule has 0 amide bonds. The van der Waals surface area contributed by atoms with Crippen LogP contribution in [0.3, 0.4) is 0 Å². The van der Waals surface area contributed by atoms with Crippen LogP contribution in [0.2, 0.25) is 0 Å². The summed E-state index contributed by atoms with van der Waals surface area (Å²) in [5.41, 5.74) is 29.5. The highest BCUT2D eigenvalue weighted by Gasteiger charge is 2.21. The zero-order valence-corrected chi connectivity index (χ0v) is 36.5. The van der Waals surface area contributed by atoms with Crippen molar-refractivity contribution in [3.63, 3.8) is 0 Å². The van der Waals surface area contributed by atoms with Crippen molar-refractivity contribution in [2.45, 2.75) is 0 Å². The van der Waals surface area contributed by atoms with E-state index in [4.69, 9.17) is 21.4 Å². The van der Waals surface area contributed by atoms with Gasteiger partial charge in [-0.15, -0.1) is 0 Å². The van der Waals surface area contributed by atoms with Crippen molar-refractivity contribution in [3.05, 3.63) is 207 Å². The third-order valence-corrected chi connectivity index (χ3v) is 14.3. The maximum atomic E-state index is 7.07. The fourth-order valence-corrected chi connectivity index (χ4v) is 11.4. The summed E-state index contributed by atoms with van der Waals surface area (Å²) in [4.78, 5) is 10.3. The van der Waals surface area contributed by atoms with Gasteiger partial charge in [0.05, 0.1) is 90.3 Å². The Kier molecular flexibility index (Phi) is 7.36. The van der Waals surface area contributed by atoms with Gasteiger partial charge in [0.2, 0.25) is 0 Å². The lowest BCUT2D eigenvalue weighted by Gasteiger charge is -2.15. The zero-order chi connectivity index (χ0) is 44.8. The molecule has 0 saturated carbocycles. The van der Waals surface area contributed by atoms with Gasteiger partial charge in [-0.25, -0.2) is 0 Å². The predicted molar refractivity (Wildman–Crippen MR) is 283 cm³/mol. The van der Waals surface area contributed by atoms with Crippen molar-refractivity contribution in [1.82, 2.24) is 28.2 Å². The SMILES string of the molecule is Nc1c(N)c2cc(-n3c4ccccc4c4cc(-n5c6ccccc6c6ccccc65)ccc43)cnc2c2ncc(-n3c4ccccc4c4cc(-n5c6ccccc6c6ccccc65)ccc43)cc12. The summed E-state index contributed by atoms with van der Waals surface area (Å²) in [6.07, 6.45) is 3.86. The lowest BCUT2D eigenvalue weighted by molar-refractivity contribution is 1.15. The fraction of sp³-hybridized carbons (Fsp3) is 0. The summed E-state index contributed by atoms with van der Waals surface area (Å²) in [5, 5.41) is 11.1. The molecule has 0 atom stereocenters. The average Bonchev–Trinajstić information content (AvgIpc) is 4.12. The Bertz CT molecular complexity index is 4260. The summed E-state index contributed by atoms with van der Waals surface area (Å²) >= 11 is 0. The Balaban J connectivity index is 0.876. The number of para-hydroxylation sites is 6. The standard InChI is InChI=1S/C60H38N8/c61-57-47-31-37(67-53-23-11-5-17-43(53)45-29-35(25-27-55(45)67)65-49-19-7-1-13-39(49)40-14-2-8-20-50(40)65)33-63-59(47)60-48(58(57)62)32-38(34-64-60)68-54-24-12-6-18-44(54)46-30-36(26-28-56(46)68)66-51-21-9-3-15-41(51)42-16-4-10-22-52(42)66/h1-34H,61-62H2. The Morgan fingerprint density at radius 1 is 0.250 bits per heavy atom. The Morgan fingerprint density at radius 2 is 0.500 bits per heavy atom. The number of nitrogens with zero attached hydrogens (tertiary/aromatic N) is 6. The van der Waals surface area contributed by atoms with Crippen molar-refractivity contribution in [2.24, 2.45) is 0 Å². The fourth-order valence-electron chi connectivity index (χ4n) is 11.4. The molecule has 0 radical (unpaired) electrons. The van der Waals surface area contributed by atoms with Gasteiger partial charge in [-0.2, -0.15) is 0 Å². The number of nitrogen functional groups attached to an aromatic ring is 2. The molecule has 0 aliphatic heterocycles. The van der Waals surface area contributed by atoms with E-state index in [1.165, 1.54) is 43.6 Å². The molecular formula is C60H38N8. The molecule has 6 aromatic heterocycles. The molecule has 318 valence electrons. The van der Waals surface area contributed by atoms with Crippen LogP contribution in [0.4, 0.5) is 11.4 Å². The first-order chi connectivity index (χ1) is 33.6. The van der Waals surface area contributed by atoms with Gasteiger partial charge in [-0.3, -0.25) is 9.97 Å². The van der Waals surface area contributed by atoms with Gasteiger partial charge in [-0.1, -0.05) is 109 Å². The van der Waals surface area contributed by atoms with Crippen LogP contribution in [0.25, 0.3) is 132 Å². The third-order valence-electron chi connectivity index (χ3n) is 14.3. The first-order valence-corrected chi connectivity index (χ1v) is 22.9. The van der Waals surface area contributed by atoms with Gasteiger partial charge < -0.3 is 29.7 Å².